The minimum Gasteiger partial charge on any atom is -0.481 e. The molecular weight excluding hydrogens is 318 g/mol. The maximum atomic E-state index is 11.5. The number of carboxylic acid groups (broad SMARTS) is 1. The first kappa shape index (κ1) is 18.2. The number of aryl methyl sites for hydroxylation is 1. The molecule has 128 valence electrons. The fraction of sp³-hybridized carbons (Fsp3) is 0.250. The molecule has 2 aromatic carbocycles. The molecular formula is C20H19NO4. The molecule has 0 aliphatic carbocycles. The average molecular weight is 337 g/mol. The van der Waals surface area contributed by atoms with Crippen LogP contribution in [0.2, 0.25) is 0 Å². The number of benzene rings is 2. The summed E-state index contributed by atoms with van der Waals surface area (Å²) in [6, 6.07) is 16.0. The van der Waals surface area contributed by atoms with Crippen LogP contribution in [0.1, 0.15) is 33.5 Å². The molecule has 1 N–H and O–H groups in total. The number of rotatable bonds is 7. The van der Waals surface area contributed by atoms with Gasteiger partial charge < -0.3 is 9.84 Å². The van der Waals surface area contributed by atoms with E-state index in [-0.39, 0.29) is 0 Å². The number of carboxylic acids is 1. The normalized spacial score (nSPS) is 11.4. The summed E-state index contributed by atoms with van der Waals surface area (Å²) in [5.41, 5.74) is 2.89. The van der Waals surface area contributed by atoms with Crippen molar-refractivity contribution in [1.29, 1.82) is 5.26 Å². The maximum absolute atomic E-state index is 11.5. The first-order chi connectivity index (χ1) is 12.0. The molecule has 0 radical (unpaired) electrons. The number of carbonyl (C=O) groups is 2. The summed E-state index contributed by atoms with van der Waals surface area (Å²) in [4.78, 5) is 22.9. The Hall–Kier alpha value is -3.13. The van der Waals surface area contributed by atoms with Crippen molar-refractivity contribution in [3.05, 3.63) is 70.8 Å². The van der Waals surface area contributed by atoms with Crippen LogP contribution in [0.5, 0.6) is 0 Å². The summed E-state index contributed by atoms with van der Waals surface area (Å²) >= 11 is 0. The fourth-order valence-electron chi connectivity index (χ4n) is 2.58. The Morgan fingerprint density at radius 3 is 2.20 bits per heavy atom. The van der Waals surface area contributed by atoms with Crippen LogP contribution in [-0.4, -0.2) is 24.2 Å². The maximum Gasteiger partial charge on any atom is 0.337 e. The SMILES string of the molecule is COC(=O)c1ccc(CCC(Cc2ccc(C#N)cc2)C(=O)O)cc1. The molecule has 2 rings (SSSR count). The zero-order valence-corrected chi connectivity index (χ0v) is 13.9. The number of carbonyl (C=O) groups excluding carboxylic acids is 1. The van der Waals surface area contributed by atoms with E-state index < -0.39 is 17.9 Å². The third kappa shape index (κ3) is 5.18. The zero-order chi connectivity index (χ0) is 18.2. The van der Waals surface area contributed by atoms with Gasteiger partial charge in [0, 0.05) is 0 Å². The van der Waals surface area contributed by atoms with E-state index >= 15 is 0 Å². The van der Waals surface area contributed by atoms with Crippen molar-refractivity contribution in [1.82, 2.24) is 0 Å². The summed E-state index contributed by atoms with van der Waals surface area (Å²) in [5, 5.41) is 18.3. The lowest BCUT2D eigenvalue weighted by atomic mass is 9.92. The smallest absolute Gasteiger partial charge is 0.337 e. The molecule has 2 aromatic rings. The van der Waals surface area contributed by atoms with E-state index in [0.29, 0.717) is 30.4 Å². The predicted molar refractivity (Wildman–Crippen MR) is 92.1 cm³/mol. The lowest BCUT2D eigenvalue weighted by Crippen LogP contribution is -2.17. The largest absolute Gasteiger partial charge is 0.481 e. The first-order valence-electron chi connectivity index (χ1n) is 7.92. The van der Waals surface area contributed by atoms with Gasteiger partial charge in [0.25, 0.3) is 0 Å². The van der Waals surface area contributed by atoms with Gasteiger partial charge in [-0.05, 0) is 54.7 Å². The summed E-state index contributed by atoms with van der Waals surface area (Å²) in [5.74, 6) is -1.74. The van der Waals surface area contributed by atoms with Crippen LogP contribution >= 0.6 is 0 Å². The van der Waals surface area contributed by atoms with Crippen LogP contribution in [0, 0.1) is 17.2 Å². The van der Waals surface area contributed by atoms with Crippen LogP contribution in [-0.2, 0) is 22.4 Å². The van der Waals surface area contributed by atoms with Gasteiger partial charge in [0.05, 0.1) is 30.2 Å². The molecule has 1 unspecified atom stereocenters. The number of nitriles is 1. The van der Waals surface area contributed by atoms with Gasteiger partial charge in [0.2, 0.25) is 0 Å². The molecule has 5 nitrogen and oxygen atoms in total. The molecule has 0 amide bonds. The van der Waals surface area contributed by atoms with Crippen molar-refractivity contribution >= 4 is 11.9 Å². The topological polar surface area (TPSA) is 87.4 Å². The summed E-state index contributed by atoms with van der Waals surface area (Å²) in [6.07, 6.45) is 1.52. The monoisotopic (exact) mass is 337 g/mol. The van der Waals surface area contributed by atoms with Gasteiger partial charge in [-0.2, -0.15) is 5.26 Å². The molecule has 0 bridgehead atoms. The highest BCUT2D eigenvalue weighted by Gasteiger charge is 2.18. The molecule has 5 heteroatoms. The lowest BCUT2D eigenvalue weighted by Gasteiger charge is -2.13. The molecule has 0 aliphatic heterocycles. The van der Waals surface area contributed by atoms with Crippen molar-refractivity contribution in [2.45, 2.75) is 19.3 Å². The Kier molecular flexibility index (Phi) is 6.30. The summed E-state index contributed by atoms with van der Waals surface area (Å²) in [6.45, 7) is 0. The highest BCUT2D eigenvalue weighted by Crippen LogP contribution is 2.17. The molecule has 0 saturated heterocycles. The van der Waals surface area contributed by atoms with E-state index in [2.05, 4.69) is 4.74 Å². The van der Waals surface area contributed by atoms with Crippen LogP contribution in [0.25, 0.3) is 0 Å². The van der Waals surface area contributed by atoms with E-state index in [9.17, 15) is 14.7 Å². The second-order valence-corrected chi connectivity index (χ2v) is 5.78. The number of methoxy groups -OCH3 is 1. The quantitative estimate of drug-likeness (QED) is 0.784. The van der Waals surface area contributed by atoms with E-state index in [1.807, 2.05) is 18.2 Å². The van der Waals surface area contributed by atoms with Crippen molar-refractivity contribution in [3.8, 4) is 6.07 Å². The van der Waals surface area contributed by atoms with Crippen LogP contribution in [0.15, 0.2) is 48.5 Å². The van der Waals surface area contributed by atoms with Crippen molar-refractivity contribution < 1.29 is 19.4 Å². The van der Waals surface area contributed by atoms with Gasteiger partial charge in [-0.25, -0.2) is 4.79 Å². The second kappa shape index (κ2) is 8.65. The number of esters is 1. The first-order valence-corrected chi connectivity index (χ1v) is 7.92. The summed E-state index contributed by atoms with van der Waals surface area (Å²) in [7, 11) is 1.33. The van der Waals surface area contributed by atoms with Crippen molar-refractivity contribution in [2.24, 2.45) is 5.92 Å². The third-order valence-corrected chi connectivity index (χ3v) is 4.07. The number of hydrogen-bond acceptors (Lipinski definition) is 4. The van der Waals surface area contributed by atoms with E-state index in [4.69, 9.17) is 5.26 Å². The minimum absolute atomic E-state index is 0.393. The Bertz CT molecular complexity index is 773. The van der Waals surface area contributed by atoms with Crippen LogP contribution in [0.3, 0.4) is 0 Å². The average Bonchev–Trinajstić information content (AvgIpc) is 2.65. The molecule has 0 saturated carbocycles. The van der Waals surface area contributed by atoms with Gasteiger partial charge in [0.15, 0.2) is 0 Å². The molecule has 1 atom stereocenters. The lowest BCUT2D eigenvalue weighted by molar-refractivity contribution is -0.141. The van der Waals surface area contributed by atoms with E-state index in [1.54, 1.807) is 36.4 Å². The van der Waals surface area contributed by atoms with Gasteiger partial charge in [-0.3, -0.25) is 4.79 Å². The highest BCUT2D eigenvalue weighted by atomic mass is 16.5. The predicted octanol–water partition coefficient (Wildman–Crippen LogP) is 3.22. The van der Waals surface area contributed by atoms with E-state index in [0.717, 1.165) is 11.1 Å². The fourth-order valence-corrected chi connectivity index (χ4v) is 2.58. The standard InChI is InChI=1S/C20H19NO4/c1-25-20(24)17-9-6-14(7-10-17)8-11-18(19(22)23)12-15-2-4-16(13-21)5-3-15/h2-7,9-10,18H,8,11-12H2,1H3,(H,22,23). The van der Waals surface area contributed by atoms with Gasteiger partial charge >= 0.3 is 11.9 Å². The number of ether oxygens (including phenoxy) is 1. The highest BCUT2D eigenvalue weighted by molar-refractivity contribution is 5.89. The minimum atomic E-state index is -0.837. The molecule has 25 heavy (non-hydrogen) atoms. The Morgan fingerprint density at radius 2 is 1.68 bits per heavy atom. The Labute approximate surface area is 146 Å². The molecule has 0 aliphatic rings. The van der Waals surface area contributed by atoms with Crippen molar-refractivity contribution in [3.63, 3.8) is 0 Å². The molecule has 0 fully saturated rings. The number of hydrogen-bond donors (Lipinski definition) is 1. The summed E-state index contributed by atoms with van der Waals surface area (Å²) < 4.78 is 4.65. The zero-order valence-electron chi connectivity index (χ0n) is 13.9. The van der Waals surface area contributed by atoms with Gasteiger partial charge in [0.1, 0.15) is 0 Å². The van der Waals surface area contributed by atoms with Crippen molar-refractivity contribution in [2.75, 3.05) is 7.11 Å². The van der Waals surface area contributed by atoms with Crippen LogP contribution < -0.4 is 0 Å². The Morgan fingerprint density at radius 1 is 1.08 bits per heavy atom. The van der Waals surface area contributed by atoms with Crippen LogP contribution in [0.4, 0.5) is 0 Å². The second-order valence-electron chi connectivity index (χ2n) is 5.78. The Balaban J connectivity index is 1.98. The molecule has 0 spiro atoms. The number of aliphatic carboxylic acids is 1. The molecule has 0 aromatic heterocycles. The number of nitrogens with zero attached hydrogens (tertiary/aromatic N) is 1. The van der Waals surface area contributed by atoms with E-state index in [1.165, 1.54) is 7.11 Å². The molecule has 0 heterocycles. The van der Waals surface area contributed by atoms with Gasteiger partial charge in [-0.15, -0.1) is 0 Å². The third-order valence-electron chi connectivity index (χ3n) is 4.07. The van der Waals surface area contributed by atoms with Gasteiger partial charge in [-0.1, -0.05) is 24.3 Å².